The smallest absolute Gasteiger partial charge is 0.422 e. The summed E-state index contributed by atoms with van der Waals surface area (Å²) in [4.78, 5) is 11.5. The van der Waals surface area contributed by atoms with Crippen molar-refractivity contribution in [1.82, 2.24) is 15.0 Å². The molecule has 3 aromatic rings. The molecule has 0 fully saturated rings. The molecule has 0 saturated heterocycles. The Balaban J connectivity index is 1.84. The van der Waals surface area contributed by atoms with Crippen LogP contribution < -0.4 is 20.1 Å². The fourth-order valence-corrected chi connectivity index (χ4v) is 2.57. The minimum absolute atomic E-state index is 0.0310. The molecule has 0 atom stereocenters. The average Bonchev–Trinajstić information content (AvgIpc) is 2.75. The lowest BCUT2D eigenvalue weighted by Gasteiger charge is -2.13. The number of rotatable bonds is 8. The van der Waals surface area contributed by atoms with E-state index in [0.717, 1.165) is 23.8 Å². The summed E-state index contributed by atoms with van der Waals surface area (Å²) in [5.41, 5.74) is -0.206. The normalized spacial score (nSPS) is 11.7. The standard InChI is InChI=1S/C20H17F6N5O2/c1-32-15-7-2-4-12(8-15)10-27-16-29-17(31-18(30-16)33-11-19(21,22)23)28-14-6-3-5-13(9-14)20(24,25)26/h2-9H,10-11H2,1H3,(H2,27,28,29,30,31). The molecule has 13 heteroatoms. The average molecular weight is 473 g/mol. The van der Waals surface area contributed by atoms with E-state index in [2.05, 4.69) is 30.3 Å². The first-order valence-electron chi connectivity index (χ1n) is 9.28. The van der Waals surface area contributed by atoms with E-state index in [9.17, 15) is 26.3 Å². The van der Waals surface area contributed by atoms with Crippen LogP contribution in [0.1, 0.15) is 11.1 Å². The largest absolute Gasteiger partial charge is 0.497 e. The number of ether oxygens (including phenoxy) is 2. The maximum Gasteiger partial charge on any atom is 0.422 e. The third-order valence-corrected chi connectivity index (χ3v) is 4.01. The lowest BCUT2D eigenvalue weighted by atomic mass is 10.2. The van der Waals surface area contributed by atoms with Crippen molar-refractivity contribution in [3.05, 3.63) is 59.7 Å². The number of halogens is 6. The first-order chi connectivity index (χ1) is 15.5. The van der Waals surface area contributed by atoms with Gasteiger partial charge in [-0.2, -0.15) is 41.3 Å². The maximum atomic E-state index is 12.9. The van der Waals surface area contributed by atoms with Gasteiger partial charge in [-0.15, -0.1) is 0 Å². The van der Waals surface area contributed by atoms with Gasteiger partial charge in [0.25, 0.3) is 0 Å². The summed E-state index contributed by atoms with van der Waals surface area (Å²) in [6.45, 7) is -1.49. The van der Waals surface area contributed by atoms with Gasteiger partial charge < -0.3 is 20.1 Å². The van der Waals surface area contributed by atoms with Gasteiger partial charge in [0.05, 0.1) is 12.7 Å². The van der Waals surface area contributed by atoms with Crippen LogP contribution in [0.15, 0.2) is 48.5 Å². The van der Waals surface area contributed by atoms with Gasteiger partial charge in [0.15, 0.2) is 6.61 Å². The van der Waals surface area contributed by atoms with Gasteiger partial charge in [0.2, 0.25) is 11.9 Å². The van der Waals surface area contributed by atoms with Gasteiger partial charge in [0, 0.05) is 12.2 Å². The highest BCUT2D eigenvalue weighted by Gasteiger charge is 2.31. The monoisotopic (exact) mass is 473 g/mol. The molecule has 0 aliphatic carbocycles. The van der Waals surface area contributed by atoms with Crippen molar-refractivity contribution in [2.45, 2.75) is 18.9 Å². The minimum Gasteiger partial charge on any atom is -0.497 e. The molecule has 176 valence electrons. The summed E-state index contributed by atoms with van der Waals surface area (Å²) >= 11 is 0. The van der Waals surface area contributed by atoms with Crippen molar-refractivity contribution in [3.63, 3.8) is 0 Å². The molecule has 2 N–H and O–H groups in total. The summed E-state index contributed by atoms with van der Waals surface area (Å²) in [6.07, 6.45) is -9.23. The molecular weight excluding hydrogens is 456 g/mol. The number of hydrogen-bond acceptors (Lipinski definition) is 7. The van der Waals surface area contributed by atoms with Crippen LogP contribution >= 0.6 is 0 Å². The SMILES string of the molecule is COc1cccc(CNc2nc(Nc3cccc(C(F)(F)F)c3)nc(OCC(F)(F)F)n2)c1. The van der Waals surface area contributed by atoms with E-state index in [0.29, 0.717) is 5.75 Å². The molecule has 0 amide bonds. The first kappa shape index (κ1) is 23.9. The third-order valence-electron chi connectivity index (χ3n) is 4.01. The second kappa shape index (κ2) is 9.79. The van der Waals surface area contributed by atoms with Crippen molar-refractivity contribution in [2.75, 3.05) is 24.4 Å². The Kier molecular flexibility index (Phi) is 7.09. The highest BCUT2D eigenvalue weighted by Crippen LogP contribution is 2.31. The summed E-state index contributed by atoms with van der Waals surface area (Å²) in [5.74, 6) is 0.125. The Bertz CT molecular complexity index is 1090. The van der Waals surface area contributed by atoms with Crippen molar-refractivity contribution < 1.29 is 35.8 Å². The van der Waals surface area contributed by atoms with E-state index < -0.39 is 30.5 Å². The summed E-state index contributed by atoms with van der Waals surface area (Å²) < 4.78 is 86.2. The molecule has 2 aromatic carbocycles. The molecule has 0 aliphatic heterocycles. The molecule has 0 unspecified atom stereocenters. The summed E-state index contributed by atoms with van der Waals surface area (Å²) in [6, 6.07) is 10.4. The Hall–Kier alpha value is -3.77. The Morgan fingerprint density at radius 2 is 1.61 bits per heavy atom. The van der Waals surface area contributed by atoms with Crippen molar-refractivity contribution in [3.8, 4) is 11.8 Å². The molecule has 0 aliphatic rings. The Labute approximate surface area is 183 Å². The van der Waals surface area contributed by atoms with Gasteiger partial charge in [-0.05, 0) is 35.9 Å². The second-order valence-electron chi connectivity index (χ2n) is 6.58. The van der Waals surface area contributed by atoms with Crippen LogP contribution in [0.3, 0.4) is 0 Å². The van der Waals surface area contributed by atoms with Crippen LogP contribution in [-0.4, -0.2) is 34.8 Å². The predicted molar refractivity (Wildman–Crippen MR) is 106 cm³/mol. The van der Waals surface area contributed by atoms with Crippen LogP contribution in [0, 0.1) is 0 Å². The molecule has 0 saturated carbocycles. The lowest BCUT2D eigenvalue weighted by Crippen LogP contribution is -2.21. The molecule has 7 nitrogen and oxygen atoms in total. The Morgan fingerprint density at radius 1 is 0.879 bits per heavy atom. The first-order valence-corrected chi connectivity index (χ1v) is 9.28. The zero-order valence-electron chi connectivity index (χ0n) is 17.0. The summed E-state index contributed by atoms with van der Waals surface area (Å²) in [7, 11) is 1.49. The zero-order chi connectivity index (χ0) is 24.1. The maximum absolute atomic E-state index is 12.9. The van der Waals surface area contributed by atoms with E-state index in [1.807, 2.05) is 0 Å². The van der Waals surface area contributed by atoms with Crippen LogP contribution in [-0.2, 0) is 12.7 Å². The molecule has 1 aromatic heterocycles. The predicted octanol–water partition coefficient (Wildman–Crippen LogP) is 5.20. The molecule has 0 bridgehead atoms. The zero-order valence-corrected chi connectivity index (χ0v) is 17.0. The Morgan fingerprint density at radius 3 is 2.30 bits per heavy atom. The lowest BCUT2D eigenvalue weighted by molar-refractivity contribution is -0.154. The fourth-order valence-electron chi connectivity index (χ4n) is 2.57. The number of alkyl halides is 6. The summed E-state index contributed by atoms with van der Waals surface area (Å²) in [5, 5.41) is 5.34. The molecule has 0 radical (unpaired) electrons. The van der Waals surface area contributed by atoms with Gasteiger partial charge in [-0.25, -0.2) is 0 Å². The van der Waals surface area contributed by atoms with Crippen LogP contribution in [0.4, 0.5) is 43.9 Å². The van der Waals surface area contributed by atoms with Gasteiger partial charge in [-0.3, -0.25) is 0 Å². The van der Waals surface area contributed by atoms with E-state index in [1.54, 1.807) is 24.3 Å². The van der Waals surface area contributed by atoms with Crippen LogP contribution in [0.5, 0.6) is 11.8 Å². The number of hydrogen-bond donors (Lipinski definition) is 2. The quantitative estimate of drug-likeness (QED) is 0.436. The fraction of sp³-hybridized carbons (Fsp3) is 0.250. The highest BCUT2D eigenvalue weighted by molar-refractivity contribution is 5.56. The molecule has 0 spiro atoms. The third kappa shape index (κ3) is 7.40. The van der Waals surface area contributed by atoms with Crippen LogP contribution in [0.25, 0.3) is 0 Å². The molecular formula is C20H17F6N5O2. The molecule has 1 heterocycles. The number of nitrogens with one attached hydrogen (secondary N) is 2. The van der Waals surface area contributed by atoms with Crippen LogP contribution in [0.2, 0.25) is 0 Å². The molecule has 3 rings (SSSR count). The van der Waals surface area contributed by atoms with E-state index in [1.165, 1.54) is 13.2 Å². The number of nitrogens with zero attached hydrogens (tertiary/aromatic N) is 3. The number of aromatic nitrogens is 3. The van der Waals surface area contributed by atoms with Gasteiger partial charge >= 0.3 is 18.4 Å². The topological polar surface area (TPSA) is 81.2 Å². The number of methoxy groups -OCH3 is 1. The second-order valence-corrected chi connectivity index (χ2v) is 6.58. The van der Waals surface area contributed by atoms with Crippen molar-refractivity contribution >= 4 is 17.6 Å². The van der Waals surface area contributed by atoms with E-state index in [4.69, 9.17) is 4.74 Å². The highest BCUT2D eigenvalue weighted by atomic mass is 19.4. The van der Waals surface area contributed by atoms with Gasteiger partial charge in [0.1, 0.15) is 5.75 Å². The minimum atomic E-state index is -4.64. The molecule has 33 heavy (non-hydrogen) atoms. The van der Waals surface area contributed by atoms with Gasteiger partial charge in [-0.1, -0.05) is 18.2 Å². The van der Waals surface area contributed by atoms with Crippen molar-refractivity contribution in [2.24, 2.45) is 0 Å². The van der Waals surface area contributed by atoms with E-state index >= 15 is 0 Å². The van der Waals surface area contributed by atoms with E-state index in [-0.39, 0.29) is 24.1 Å². The number of benzene rings is 2. The van der Waals surface area contributed by atoms with Crippen molar-refractivity contribution in [1.29, 1.82) is 0 Å². The number of anilines is 3.